The van der Waals surface area contributed by atoms with Crippen LogP contribution in [0, 0.1) is 5.41 Å². The highest BCUT2D eigenvalue weighted by Crippen LogP contribution is 2.24. The smallest absolute Gasteiger partial charge is 0.326 e. The van der Waals surface area contributed by atoms with Crippen molar-refractivity contribution < 1.29 is 14.7 Å². The minimum absolute atomic E-state index is 0.178. The van der Waals surface area contributed by atoms with Crippen LogP contribution in [0.4, 0.5) is 0 Å². The zero-order valence-electron chi connectivity index (χ0n) is 11.3. The van der Waals surface area contributed by atoms with E-state index >= 15 is 0 Å². The van der Waals surface area contributed by atoms with E-state index in [4.69, 9.17) is 11.6 Å². The first-order valence-electron chi connectivity index (χ1n) is 5.73. The third-order valence-electron chi connectivity index (χ3n) is 2.57. The van der Waals surface area contributed by atoms with Crippen LogP contribution >= 0.6 is 22.9 Å². The molecule has 0 spiro atoms. The number of aromatic nitrogens is 1. The number of carbonyl (C=O) groups is 2. The lowest BCUT2D eigenvalue weighted by Crippen LogP contribution is -2.44. The molecule has 7 heteroatoms. The largest absolute Gasteiger partial charge is 0.480 e. The fourth-order valence-corrected chi connectivity index (χ4v) is 2.38. The number of amides is 1. The molecule has 1 aromatic heterocycles. The van der Waals surface area contributed by atoms with Gasteiger partial charge in [-0.2, -0.15) is 0 Å². The molecule has 1 N–H and O–H groups in total. The first-order valence-corrected chi connectivity index (χ1v) is 6.98. The zero-order chi connectivity index (χ0) is 14.8. The van der Waals surface area contributed by atoms with Gasteiger partial charge in [0.2, 0.25) is 0 Å². The average Bonchev–Trinajstić information content (AvgIpc) is 2.69. The molecule has 5 nitrogen and oxygen atoms in total. The molecule has 1 aromatic rings. The third-order valence-corrected chi connectivity index (χ3v) is 3.55. The summed E-state index contributed by atoms with van der Waals surface area (Å²) in [6, 6.07) is -0.882. The highest BCUT2D eigenvalue weighted by atomic mass is 35.5. The number of hydrogen-bond donors (Lipinski definition) is 1. The van der Waals surface area contributed by atoms with Crippen LogP contribution in [0.2, 0.25) is 4.47 Å². The standard InChI is InChI=1S/C12H17ClN2O3S/c1-12(2,3)5-8(10(17)18)15(4)9(16)7-6-19-11(13)14-7/h6,8H,5H2,1-4H3,(H,17,18). The Morgan fingerprint density at radius 1 is 1.53 bits per heavy atom. The van der Waals surface area contributed by atoms with Crippen molar-refractivity contribution in [1.29, 1.82) is 0 Å². The Morgan fingerprint density at radius 3 is 2.47 bits per heavy atom. The molecule has 1 heterocycles. The molecule has 1 rings (SSSR count). The lowest BCUT2D eigenvalue weighted by atomic mass is 9.87. The normalized spacial score (nSPS) is 13.1. The second-order valence-corrected chi connectivity index (χ2v) is 6.96. The lowest BCUT2D eigenvalue weighted by molar-refractivity contribution is -0.143. The van der Waals surface area contributed by atoms with Crippen molar-refractivity contribution in [1.82, 2.24) is 9.88 Å². The van der Waals surface area contributed by atoms with E-state index in [-0.39, 0.29) is 15.6 Å². The van der Waals surface area contributed by atoms with Gasteiger partial charge in [0.25, 0.3) is 5.91 Å². The molecule has 0 aliphatic carbocycles. The minimum Gasteiger partial charge on any atom is -0.480 e. The minimum atomic E-state index is -1.02. The summed E-state index contributed by atoms with van der Waals surface area (Å²) in [5.41, 5.74) is -0.0187. The summed E-state index contributed by atoms with van der Waals surface area (Å²) < 4.78 is 0.263. The van der Waals surface area contributed by atoms with Crippen molar-refractivity contribution in [3.63, 3.8) is 0 Å². The van der Waals surface area contributed by atoms with Gasteiger partial charge in [-0.25, -0.2) is 9.78 Å². The highest BCUT2D eigenvalue weighted by molar-refractivity contribution is 7.14. The van der Waals surface area contributed by atoms with E-state index in [9.17, 15) is 14.7 Å². The predicted octanol–water partition coefficient (Wildman–Crippen LogP) is 2.76. The first kappa shape index (κ1) is 15.9. The van der Waals surface area contributed by atoms with Gasteiger partial charge in [-0.1, -0.05) is 32.4 Å². The molecule has 19 heavy (non-hydrogen) atoms. The van der Waals surface area contributed by atoms with E-state index in [1.54, 1.807) is 0 Å². The summed E-state index contributed by atoms with van der Waals surface area (Å²) in [7, 11) is 1.47. The van der Waals surface area contributed by atoms with E-state index in [2.05, 4.69) is 4.98 Å². The molecule has 1 unspecified atom stereocenters. The van der Waals surface area contributed by atoms with Gasteiger partial charge < -0.3 is 10.0 Å². The second-order valence-electron chi connectivity index (χ2n) is 5.52. The van der Waals surface area contributed by atoms with Gasteiger partial charge in [0.1, 0.15) is 11.7 Å². The van der Waals surface area contributed by atoms with E-state index in [0.717, 1.165) is 11.3 Å². The van der Waals surface area contributed by atoms with Crippen molar-refractivity contribution in [3.8, 4) is 0 Å². The van der Waals surface area contributed by atoms with Gasteiger partial charge in [0, 0.05) is 12.4 Å². The van der Waals surface area contributed by atoms with Gasteiger partial charge in [-0.3, -0.25) is 4.79 Å². The van der Waals surface area contributed by atoms with E-state index < -0.39 is 17.9 Å². The van der Waals surface area contributed by atoms with Crippen LogP contribution < -0.4 is 0 Å². The summed E-state index contributed by atoms with van der Waals surface area (Å²) >= 11 is 6.82. The van der Waals surface area contributed by atoms with E-state index in [1.807, 2.05) is 20.8 Å². The molecule has 0 aliphatic rings. The molecule has 0 saturated heterocycles. The highest BCUT2D eigenvalue weighted by Gasteiger charge is 2.32. The number of likely N-dealkylation sites (N-methyl/N-ethyl adjacent to an activating group) is 1. The van der Waals surface area contributed by atoms with E-state index in [0.29, 0.717) is 6.42 Å². The Hall–Kier alpha value is -1.14. The van der Waals surface area contributed by atoms with Crippen LogP contribution in [0.15, 0.2) is 5.38 Å². The van der Waals surface area contributed by atoms with Gasteiger partial charge >= 0.3 is 5.97 Å². The number of halogens is 1. The topological polar surface area (TPSA) is 70.5 Å². The quantitative estimate of drug-likeness (QED) is 0.928. The van der Waals surface area contributed by atoms with Crippen LogP contribution in [0.25, 0.3) is 0 Å². The fraction of sp³-hybridized carbons (Fsp3) is 0.583. The average molecular weight is 305 g/mol. The molecule has 106 valence electrons. The number of carbonyl (C=O) groups excluding carboxylic acids is 1. The Balaban J connectivity index is 2.91. The number of hydrogen-bond acceptors (Lipinski definition) is 4. The van der Waals surface area contributed by atoms with Crippen molar-refractivity contribution in [2.24, 2.45) is 5.41 Å². The Morgan fingerprint density at radius 2 is 2.11 bits per heavy atom. The zero-order valence-corrected chi connectivity index (χ0v) is 12.9. The second kappa shape index (κ2) is 5.88. The van der Waals surface area contributed by atoms with Crippen LogP contribution in [0.1, 0.15) is 37.7 Å². The monoisotopic (exact) mass is 304 g/mol. The number of carboxylic acid groups (broad SMARTS) is 1. The SMILES string of the molecule is CN(C(=O)c1csc(Cl)n1)C(CC(C)(C)C)C(=O)O. The first-order chi connectivity index (χ1) is 8.61. The van der Waals surface area contributed by atoms with E-state index in [1.165, 1.54) is 17.3 Å². The molecular weight excluding hydrogens is 288 g/mol. The lowest BCUT2D eigenvalue weighted by Gasteiger charge is -2.29. The Bertz CT molecular complexity index is 482. The van der Waals surface area contributed by atoms with Gasteiger partial charge in [0.15, 0.2) is 4.47 Å². The number of aliphatic carboxylic acids is 1. The number of carboxylic acids is 1. The van der Waals surface area contributed by atoms with Crippen molar-refractivity contribution in [2.75, 3.05) is 7.05 Å². The summed E-state index contributed by atoms with van der Waals surface area (Å²) in [6.45, 7) is 5.79. The van der Waals surface area contributed by atoms with Crippen LogP contribution in [-0.2, 0) is 4.79 Å². The van der Waals surface area contributed by atoms with Crippen LogP contribution in [0.3, 0.4) is 0 Å². The third kappa shape index (κ3) is 4.47. The maximum atomic E-state index is 12.1. The Kier molecular flexibility index (Phi) is 4.92. The van der Waals surface area contributed by atoms with Crippen molar-refractivity contribution >= 4 is 34.8 Å². The molecule has 0 fully saturated rings. The predicted molar refractivity (Wildman–Crippen MR) is 74.7 cm³/mol. The molecule has 1 amide bonds. The molecule has 0 saturated carbocycles. The van der Waals surface area contributed by atoms with Gasteiger partial charge in [-0.15, -0.1) is 11.3 Å². The fourth-order valence-electron chi connectivity index (χ4n) is 1.64. The number of nitrogens with zero attached hydrogens (tertiary/aromatic N) is 2. The molecule has 0 radical (unpaired) electrons. The molecule has 0 aromatic carbocycles. The molecule has 0 bridgehead atoms. The number of rotatable bonds is 4. The maximum Gasteiger partial charge on any atom is 0.326 e. The van der Waals surface area contributed by atoms with Crippen molar-refractivity contribution in [2.45, 2.75) is 33.2 Å². The molecule has 1 atom stereocenters. The summed E-state index contributed by atoms with van der Waals surface area (Å²) in [6.07, 6.45) is 0.364. The Labute approximate surface area is 121 Å². The maximum absolute atomic E-state index is 12.1. The number of thiazole rings is 1. The molecule has 0 aliphatic heterocycles. The molecular formula is C12H17ClN2O3S. The van der Waals surface area contributed by atoms with Crippen LogP contribution in [-0.4, -0.2) is 40.0 Å². The summed E-state index contributed by atoms with van der Waals surface area (Å²) in [4.78, 5) is 28.5. The summed E-state index contributed by atoms with van der Waals surface area (Å²) in [5.74, 6) is -1.45. The van der Waals surface area contributed by atoms with Crippen molar-refractivity contribution in [3.05, 3.63) is 15.5 Å². The summed E-state index contributed by atoms with van der Waals surface area (Å²) in [5, 5.41) is 10.8. The van der Waals surface area contributed by atoms with Crippen LogP contribution in [0.5, 0.6) is 0 Å². The van der Waals surface area contributed by atoms with Gasteiger partial charge in [-0.05, 0) is 11.8 Å². The van der Waals surface area contributed by atoms with Gasteiger partial charge in [0.05, 0.1) is 0 Å².